The number of rotatable bonds is 4. The van der Waals surface area contributed by atoms with E-state index in [0.29, 0.717) is 6.10 Å². The maximum Gasteiger partial charge on any atom is 0.0595 e. The first-order valence-electron chi connectivity index (χ1n) is 8.81. The van der Waals surface area contributed by atoms with Crippen LogP contribution in [0.25, 0.3) is 0 Å². The molecular weight excluding hydrogens is 343 g/mol. The fourth-order valence-electron chi connectivity index (χ4n) is 3.92. The molecule has 0 amide bonds. The molecule has 2 saturated heterocycles. The first-order chi connectivity index (χ1) is 10.8. The molecule has 1 aromatic rings. The summed E-state index contributed by atoms with van der Waals surface area (Å²) in [7, 11) is 1.84. The number of nitrogens with zero attached hydrogens (tertiary/aromatic N) is 1. The molecule has 24 heavy (non-hydrogen) atoms. The van der Waals surface area contributed by atoms with Crippen molar-refractivity contribution in [3.8, 4) is 0 Å². The third-order valence-electron chi connectivity index (χ3n) is 5.34. The lowest BCUT2D eigenvalue weighted by Crippen LogP contribution is -2.36. The molecule has 2 heterocycles. The SMILES string of the molecule is COC1CCN(Cc2ccc(C)cc2C2CCNCC2)CC1.Cl.Cl. The van der Waals surface area contributed by atoms with Crippen LogP contribution in [0.3, 0.4) is 0 Å². The first-order valence-corrected chi connectivity index (χ1v) is 8.81. The van der Waals surface area contributed by atoms with Crippen LogP contribution in [0.5, 0.6) is 0 Å². The van der Waals surface area contributed by atoms with Crippen molar-refractivity contribution in [1.29, 1.82) is 0 Å². The van der Waals surface area contributed by atoms with E-state index in [4.69, 9.17) is 4.74 Å². The maximum absolute atomic E-state index is 5.49. The number of benzene rings is 1. The van der Waals surface area contributed by atoms with E-state index in [1.807, 2.05) is 7.11 Å². The molecular formula is C19H32Cl2N2O. The minimum atomic E-state index is 0. The van der Waals surface area contributed by atoms with Gasteiger partial charge in [-0.3, -0.25) is 4.90 Å². The molecule has 0 spiro atoms. The number of ether oxygens (including phenoxy) is 1. The van der Waals surface area contributed by atoms with Crippen molar-refractivity contribution in [2.24, 2.45) is 0 Å². The Hall–Kier alpha value is -0.320. The van der Waals surface area contributed by atoms with E-state index in [9.17, 15) is 0 Å². The molecule has 0 unspecified atom stereocenters. The third-order valence-corrected chi connectivity index (χ3v) is 5.34. The average molecular weight is 375 g/mol. The van der Waals surface area contributed by atoms with Crippen molar-refractivity contribution in [2.45, 2.75) is 51.2 Å². The van der Waals surface area contributed by atoms with Crippen LogP contribution in [0.2, 0.25) is 0 Å². The van der Waals surface area contributed by atoms with Crippen molar-refractivity contribution in [3.63, 3.8) is 0 Å². The summed E-state index contributed by atoms with van der Waals surface area (Å²) < 4.78 is 5.49. The van der Waals surface area contributed by atoms with E-state index in [0.717, 1.165) is 38.6 Å². The molecule has 138 valence electrons. The van der Waals surface area contributed by atoms with E-state index in [2.05, 4.69) is 35.3 Å². The lowest BCUT2D eigenvalue weighted by molar-refractivity contribution is 0.0387. The second kappa shape index (κ2) is 10.6. The van der Waals surface area contributed by atoms with Gasteiger partial charge in [0, 0.05) is 26.7 Å². The lowest BCUT2D eigenvalue weighted by Gasteiger charge is -2.33. The Morgan fingerprint density at radius 3 is 2.38 bits per heavy atom. The average Bonchev–Trinajstić information content (AvgIpc) is 2.58. The van der Waals surface area contributed by atoms with Gasteiger partial charge in [0.2, 0.25) is 0 Å². The quantitative estimate of drug-likeness (QED) is 0.864. The fourth-order valence-corrected chi connectivity index (χ4v) is 3.92. The number of likely N-dealkylation sites (tertiary alicyclic amines) is 1. The largest absolute Gasteiger partial charge is 0.381 e. The van der Waals surface area contributed by atoms with Crippen LogP contribution in [-0.2, 0) is 11.3 Å². The topological polar surface area (TPSA) is 24.5 Å². The Balaban J connectivity index is 0.00000144. The zero-order valence-corrected chi connectivity index (χ0v) is 16.6. The summed E-state index contributed by atoms with van der Waals surface area (Å²) >= 11 is 0. The van der Waals surface area contributed by atoms with Gasteiger partial charge in [-0.2, -0.15) is 0 Å². The second-order valence-corrected chi connectivity index (χ2v) is 6.94. The first kappa shape index (κ1) is 21.7. The molecule has 1 aromatic carbocycles. The van der Waals surface area contributed by atoms with Crippen molar-refractivity contribution in [3.05, 3.63) is 34.9 Å². The normalized spacial score (nSPS) is 20.2. The Morgan fingerprint density at radius 2 is 1.75 bits per heavy atom. The zero-order valence-electron chi connectivity index (χ0n) is 14.9. The van der Waals surface area contributed by atoms with E-state index >= 15 is 0 Å². The van der Waals surface area contributed by atoms with Crippen molar-refractivity contribution >= 4 is 24.8 Å². The highest BCUT2D eigenvalue weighted by Gasteiger charge is 2.22. The van der Waals surface area contributed by atoms with Crippen LogP contribution in [0.1, 0.15) is 48.3 Å². The molecule has 0 saturated carbocycles. The molecule has 1 N–H and O–H groups in total. The van der Waals surface area contributed by atoms with Crippen LogP contribution in [0.4, 0.5) is 0 Å². The van der Waals surface area contributed by atoms with Gasteiger partial charge in [-0.1, -0.05) is 23.8 Å². The summed E-state index contributed by atoms with van der Waals surface area (Å²) in [5.74, 6) is 0.743. The summed E-state index contributed by atoms with van der Waals surface area (Å²) in [5, 5.41) is 3.49. The van der Waals surface area contributed by atoms with Gasteiger partial charge in [0.1, 0.15) is 0 Å². The predicted octanol–water partition coefficient (Wildman–Crippen LogP) is 3.92. The summed E-state index contributed by atoms with van der Waals surface area (Å²) in [6.07, 6.45) is 5.37. The number of aryl methyl sites for hydroxylation is 1. The minimum absolute atomic E-state index is 0. The highest BCUT2D eigenvalue weighted by Crippen LogP contribution is 2.30. The molecule has 2 aliphatic heterocycles. The minimum Gasteiger partial charge on any atom is -0.381 e. The summed E-state index contributed by atoms with van der Waals surface area (Å²) in [5.41, 5.74) is 4.55. The predicted molar refractivity (Wildman–Crippen MR) is 106 cm³/mol. The number of hydrogen-bond acceptors (Lipinski definition) is 3. The van der Waals surface area contributed by atoms with Gasteiger partial charge < -0.3 is 10.1 Å². The van der Waals surface area contributed by atoms with Crippen molar-refractivity contribution in [2.75, 3.05) is 33.3 Å². The van der Waals surface area contributed by atoms with Gasteiger partial charge in [-0.25, -0.2) is 0 Å². The molecule has 3 nitrogen and oxygen atoms in total. The van der Waals surface area contributed by atoms with Crippen molar-refractivity contribution < 1.29 is 4.74 Å². The molecule has 0 atom stereocenters. The van der Waals surface area contributed by atoms with Crippen LogP contribution < -0.4 is 5.32 Å². The Kier molecular flexibility index (Phi) is 9.61. The molecule has 0 aromatic heterocycles. The van der Waals surface area contributed by atoms with Crippen LogP contribution >= 0.6 is 24.8 Å². The summed E-state index contributed by atoms with van der Waals surface area (Å²) in [6, 6.07) is 7.09. The molecule has 0 radical (unpaired) electrons. The van der Waals surface area contributed by atoms with Gasteiger partial charge in [0.05, 0.1) is 6.10 Å². The Morgan fingerprint density at radius 1 is 1.08 bits per heavy atom. The number of piperidine rings is 2. The number of hydrogen-bond donors (Lipinski definition) is 1. The van der Waals surface area contributed by atoms with E-state index in [1.165, 1.54) is 31.2 Å². The highest BCUT2D eigenvalue weighted by molar-refractivity contribution is 5.85. The molecule has 0 aliphatic carbocycles. The Bertz CT molecular complexity index is 484. The molecule has 0 bridgehead atoms. The number of halogens is 2. The standard InChI is InChI=1S/C19H30N2O.2ClH/c1-15-3-4-17(14-21-11-7-18(22-2)8-12-21)19(13-15)16-5-9-20-10-6-16;;/h3-4,13,16,18,20H,5-12,14H2,1-2H3;2*1H. The van der Waals surface area contributed by atoms with Crippen molar-refractivity contribution in [1.82, 2.24) is 10.2 Å². The van der Waals surface area contributed by atoms with Crippen LogP contribution in [-0.4, -0.2) is 44.3 Å². The zero-order chi connectivity index (χ0) is 15.4. The second-order valence-electron chi connectivity index (χ2n) is 6.94. The van der Waals surface area contributed by atoms with E-state index < -0.39 is 0 Å². The van der Waals surface area contributed by atoms with Gasteiger partial charge in [0.15, 0.2) is 0 Å². The Labute approximate surface area is 159 Å². The molecule has 2 fully saturated rings. The fraction of sp³-hybridized carbons (Fsp3) is 0.684. The third kappa shape index (κ3) is 5.60. The van der Waals surface area contributed by atoms with Gasteiger partial charge in [-0.15, -0.1) is 24.8 Å². The van der Waals surface area contributed by atoms with Crippen LogP contribution in [0, 0.1) is 6.92 Å². The summed E-state index contributed by atoms with van der Waals surface area (Å²) in [4.78, 5) is 2.60. The van der Waals surface area contributed by atoms with Crippen LogP contribution in [0.15, 0.2) is 18.2 Å². The van der Waals surface area contributed by atoms with E-state index in [1.54, 1.807) is 11.1 Å². The maximum atomic E-state index is 5.49. The number of nitrogens with one attached hydrogen (secondary N) is 1. The monoisotopic (exact) mass is 374 g/mol. The number of methoxy groups -OCH3 is 1. The molecule has 2 aliphatic rings. The molecule has 5 heteroatoms. The van der Waals surface area contributed by atoms with Gasteiger partial charge in [0.25, 0.3) is 0 Å². The molecule has 3 rings (SSSR count). The smallest absolute Gasteiger partial charge is 0.0595 e. The summed E-state index contributed by atoms with van der Waals surface area (Å²) in [6.45, 7) is 7.99. The van der Waals surface area contributed by atoms with E-state index in [-0.39, 0.29) is 24.8 Å². The van der Waals surface area contributed by atoms with Gasteiger partial charge >= 0.3 is 0 Å². The van der Waals surface area contributed by atoms with Gasteiger partial charge in [-0.05, 0) is 62.7 Å². The lowest BCUT2D eigenvalue weighted by atomic mass is 9.86. The highest BCUT2D eigenvalue weighted by atomic mass is 35.5.